The SMILES string of the molecule is CC(COC=O)(COC=O)COC(=O)CCN(CCC=O)C(=O)OC(C)(C)C.CCC1CCC(C)CC1.CCC1CCC(C)CC1.CCCCC(C)CC(=O)OCC(C)(CO)COC. The van der Waals surface area contributed by atoms with E-state index in [0.29, 0.717) is 25.2 Å². The Morgan fingerprint density at radius 2 is 1.19 bits per heavy atom. The number of carbonyl (C=O) groups excluding carboxylic acids is 6. The van der Waals surface area contributed by atoms with E-state index >= 15 is 0 Å². The molecule has 376 valence electrons. The van der Waals surface area contributed by atoms with E-state index in [9.17, 15) is 33.9 Å². The fourth-order valence-corrected chi connectivity index (χ4v) is 7.19. The smallest absolute Gasteiger partial charge is 0.410 e. The van der Waals surface area contributed by atoms with Gasteiger partial charge in [-0.15, -0.1) is 0 Å². The molecule has 0 spiro atoms. The van der Waals surface area contributed by atoms with Crippen molar-refractivity contribution in [2.75, 3.05) is 59.8 Å². The summed E-state index contributed by atoms with van der Waals surface area (Å²) in [5.41, 5.74) is -2.12. The summed E-state index contributed by atoms with van der Waals surface area (Å²) < 4.78 is 30.0. The van der Waals surface area contributed by atoms with E-state index < -0.39 is 28.5 Å². The zero-order valence-corrected chi connectivity index (χ0v) is 42.4. The Kier molecular flexibility index (Phi) is 36.2. The summed E-state index contributed by atoms with van der Waals surface area (Å²) in [6, 6.07) is 0. The Morgan fingerprint density at radius 3 is 1.59 bits per heavy atom. The number of carbonyl (C=O) groups is 6. The first kappa shape index (κ1) is 62.8. The molecule has 0 aromatic rings. The van der Waals surface area contributed by atoms with Crippen LogP contribution in [0, 0.1) is 40.4 Å². The van der Waals surface area contributed by atoms with Crippen LogP contribution in [0.2, 0.25) is 0 Å². The monoisotopic (exact) mass is 916 g/mol. The van der Waals surface area contributed by atoms with Crippen LogP contribution < -0.4 is 0 Å². The van der Waals surface area contributed by atoms with E-state index in [1.807, 2.05) is 6.92 Å². The van der Waals surface area contributed by atoms with E-state index in [-0.39, 0.29) is 77.9 Å². The lowest BCUT2D eigenvalue weighted by molar-refractivity contribution is -0.153. The van der Waals surface area contributed by atoms with E-state index in [4.69, 9.17) is 18.9 Å². The number of unbranched alkanes of at least 4 members (excludes halogenated alkanes) is 1. The maximum absolute atomic E-state index is 12.2. The van der Waals surface area contributed by atoms with Crippen molar-refractivity contribution >= 4 is 37.3 Å². The standard InChI is InChI=1S/C18H29NO9.C14H28O4.2C9H18/c1-17(2,3)28-16(24)19(7-5-9-20)8-6-15(23)27-12-18(4,10-25-13-21)11-26-14-22;1-5-6-7-12(2)8-13(16)18-11-14(3,9-15)10-17-4;2*1-3-9-6-4-8(2)5-7-9/h9,13-14H,5-8,10-12H2,1-4H3;12,15H,5-11H2,1-4H3;2*8-9H,3-7H2,1-2H3. The highest BCUT2D eigenvalue weighted by Gasteiger charge is 2.30. The van der Waals surface area contributed by atoms with Crippen molar-refractivity contribution in [3.63, 3.8) is 0 Å². The van der Waals surface area contributed by atoms with Crippen LogP contribution in [0.15, 0.2) is 0 Å². The first-order chi connectivity index (χ1) is 30.2. The van der Waals surface area contributed by atoms with Crippen LogP contribution in [0.1, 0.15) is 179 Å². The Balaban J connectivity index is 0. The molecular weight excluding hydrogens is 823 g/mol. The van der Waals surface area contributed by atoms with E-state index in [1.54, 1.807) is 34.8 Å². The number of aliphatic hydroxyl groups excluding tert-OH is 1. The summed E-state index contributed by atoms with van der Waals surface area (Å²) >= 11 is 0. The van der Waals surface area contributed by atoms with E-state index in [2.05, 4.69) is 51.0 Å². The number of nitrogens with zero attached hydrogens (tertiary/aromatic N) is 1. The van der Waals surface area contributed by atoms with Crippen molar-refractivity contribution in [2.45, 2.75) is 184 Å². The van der Waals surface area contributed by atoms with Crippen LogP contribution in [0.5, 0.6) is 0 Å². The van der Waals surface area contributed by atoms with Gasteiger partial charge in [0.05, 0.1) is 25.0 Å². The van der Waals surface area contributed by atoms with Crippen molar-refractivity contribution in [3.8, 4) is 0 Å². The van der Waals surface area contributed by atoms with E-state index in [1.165, 1.54) is 69.1 Å². The van der Waals surface area contributed by atoms with Crippen LogP contribution in [-0.4, -0.2) is 113 Å². The third-order valence-corrected chi connectivity index (χ3v) is 11.8. The Labute approximate surface area is 388 Å². The van der Waals surface area contributed by atoms with Crippen LogP contribution in [0.25, 0.3) is 0 Å². The second kappa shape index (κ2) is 36.9. The predicted molar refractivity (Wildman–Crippen MR) is 250 cm³/mol. The van der Waals surface area contributed by atoms with Gasteiger partial charge >= 0.3 is 18.0 Å². The molecule has 0 aliphatic heterocycles. The average molecular weight is 916 g/mol. The van der Waals surface area contributed by atoms with Gasteiger partial charge in [-0.05, 0) is 57.3 Å². The summed E-state index contributed by atoms with van der Waals surface area (Å²) in [7, 11) is 1.57. The molecule has 1 amide bonds. The number of aliphatic hydroxyl groups is 1. The second-order valence-corrected chi connectivity index (χ2v) is 20.0. The molecule has 0 heterocycles. The van der Waals surface area contributed by atoms with Crippen LogP contribution >= 0.6 is 0 Å². The number of hydrogen-bond donors (Lipinski definition) is 1. The summed E-state index contributed by atoms with van der Waals surface area (Å²) in [4.78, 5) is 68.4. The molecule has 0 saturated heterocycles. The minimum absolute atomic E-state index is 0.00791. The molecule has 2 atom stereocenters. The third kappa shape index (κ3) is 34.1. The van der Waals surface area contributed by atoms with Crippen LogP contribution in [0.3, 0.4) is 0 Å². The first-order valence-electron chi connectivity index (χ1n) is 24.1. The van der Waals surface area contributed by atoms with Gasteiger partial charge in [-0.25, -0.2) is 4.79 Å². The zero-order valence-electron chi connectivity index (χ0n) is 42.4. The van der Waals surface area contributed by atoms with Gasteiger partial charge in [-0.2, -0.15) is 0 Å². The highest BCUT2D eigenvalue weighted by atomic mass is 16.6. The lowest BCUT2D eigenvalue weighted by Crippen LogP contribution is -2.39. The lowest BCUT2D eigenvalue weighted by Gasteiger charge is -2.28. The molecule has 2 rings (SSSR count). The van der Waals surface area contributed by atoms with Crippen molar-refractivity contribution in [3.05, 3.63) is 0 Å². The Hall–Kier alpha value is -3.26. The van der Waals surface area contributed by atoms with Crippen LogP contribution in [-0.2, 0) is 52.4 Å². The van der Waals surface area contributed by atoms with Gasteiger partial charge in [0, 0.05) is 38.5 Å². The molecule has 2 aliphatic carbocycles. The van der Waals surface area contributed by atoms with Crippen molar-refractivity contribution in [1.29, 1.82) is 0 Å². The fourth-order valence-electron chi connectivity index (χ4n) is 7.19. The van der Waals surface area contributed by atoms with Gasteiger partial charge in [0.25, 0.3) is 12.9 Å². The molecule has 0 aromatic heterocycles. The number of ether oxygens (including phenoxy) is 6. The molecule has 14 heteroatoms. The molecule has 14 nitrogen and oxygen atoms in total. The molecule has 2 fully saturated rings. The average Bonchev–Trinajstić information content (AvgIpc) is 3.26. The fraction of sp³-hybridized carbons (Fsp3) is 0.880. The molecule has 2 aliphatic rings. The summed E-state index contributed by atoms with van der Waals surface area (Å²) in [5.74, 6) is 3.75. The number of aldehydes is 1. The number of amides is 1. The highest BCUT2D eigenvalue weighted by molar-refractivity contribution is 5.72. The maximum Gasteiger partial charge on any atom is 0.410 e. The molecule has 1 N–H and O–H groups in total. The molecule has 0 aromatic carbocycles. The van der Waals surface area contributed by atoms with Gasteiger partial charge in [0.2, 0.25) is 0 Å². The number of hydrogen-bond acceptors (Lipinski definition) is 13. The van der Waals surface area contributed by atoms with Crippen molar-refractivity contribution in [1.82, 2.24) is 4.90 Å². The largest absolute Gasteiger partial charge is 0.467 e. The first-order valence-corrected chi connectivity index (χ1v) is 24.1. The highest BCUT2D eigenvalue weighted by Crippen LogP contribution is 2.30. The quantitative estimate of drug-likeness (QED) is 0.0492. The minimum atomic E-state index is -0.903. The van der Waals surface area contributed by atoms with Crippen molar-refractivity contribution < 1.29 is 62.3 Å². The molecular formula is C50H93NO13. The lowest BCUT2D eigenvalue weighted by atomic mass is 9.82. The number of methoxy groups -OCH3 is 1. The van der Waals surface area contributed by atoms with Crippen LogP contribution in [0.4, 0.5) is 4.79 Å². The predicted octanol–water partition coefficient (Wildman–Crippen LogP) is 9.93. The van der Waals surface area contributed by atoms with Gasteiger partial charge < -0.3 is 43.2 Å². The molecule has 2 saturated carbocycles. The van der Waals surface area contributed by atoms with Gasteiger partial charge in [0.1, 0.15) is 38.3 Å². The van der Waals surface area contributed by atoms with Gasteiger partial charge in [-0.3, -0.25) is 19.2 Å². The number of esters is 2. The number of rotatable bonds is 26. The maximum atomic E-state index is 12.2. The Morgan fingerprint density at radius 1 is 0.703 bits per heavy atom. The molecule has 2 unspecified atom stereocenters. The normalized spacial score (nSPS) is 19.7. The van der Waals surface area contributed by atoms with E-state index in [0.717, 1.165) is 42.9 Å². The summed E-state index contributed by atoms with van der Waals surface area (Å²) in [5, 5.41) is 9.26. The summed E-state index contributed by atoms with van der Waals surface area (Å²) in [6.07, 6.45) is 18.6. The zero-order chi connectivity index (χ0) is 49.0. The Bertz CT molecular complexity index is 1190. The van der Waals surface area contributed by atoms with Gasteiger partial charge in [0.15, 0.2) is 0 Å². The van der Waals surface area contributed by atoms with Crippen molar-refractivity contribution in [2.24, 2.45) is 40.4 Å². The summed E-state index contributed by atoms with van der Waals surface area (Å²) in [6.45, 7) is 22.9. The molecule has 64 heavy (non-hydrogen) atoms. The third-order valence-electron chi connectivity index (χ3n) is 11.8. The van der Waals surface area contributed by atoms with Gasteiger partial charge in [-0.1, -0.05) is 132 Å². The topological polar surface area (TPSA) is 181 Å². The molecule has 0 radical (unpaired) electrons. The molecule has 0 bridgehead atoms. The second-order valence-electron chi connectivity index (χ2n) is 20.0. The minimum Gasteiger partial charge on any atom is -0.467 e.